The lowest BCUT2D eigenvalue weighted by atomic mass is 9.94. The molecule has 8 nitrogen and oxygen atoms in total. The maximum Gasteiger partial charge on any atom is 0.409 e. The van der Waals surface area contributed by atoms with Crippen molar-refractivity contribution < 1.29 is 27.5 Å². The van der Waals surface area contributed by atoms with Crippen LogP contribution < -0.4 is 5.32 Å². The molecule has 1 aromatic carbocycles. The maximum atomic E-state index is 12.8. The van der Waals surface area contributed by atoms with E-state index >= 15 is 0 Å². The van der Waals surface area contributed by atoms with Crippen LogP contribution in [0.25, 0.3) is 0 Å². The quantitative estimate of drug-likeness (QED) is 0.545. The number of rotatable bonds is 7. The molecule has 1 N–H and O–H groups in total. The van der Waals surface area contributed by atoms with Gasteiger partial charge in [-0.05, 0) is 44.6 Å². The van der Waals surface area contributed by atoms with E-state index in [1.165, 1.54) is 12.8 Å². The minimum Gasteiger partial charge on any atom is -0.453 e. The molecule has 2 aromatic rings. The lowest BCUT2D eigenvalue weighted by molar-refractivity contribution is -0.154. The molecule has 5 rings (SSSR count). The van der Waals surface area contributed by atoms with Gasteiger partial charge in [0.25, 0.3) is 0 Å². The Morgan fingerprint density at radius 3 is 2.46 bits per heavy atom. The molecule has 2 bridgehead atoms. The minimum atomic E-state index is -4.53. The average molecular weight is 548 g/mol. The van der Waals surface area contributed by atoms with Crippen molar-refractivity contribution in [2.24, 2.45) is 0 Å². The van der Waals surface area contributed by atoms with Gasteiger partial charge in [0.05, 0.1) is 25.4 Å². The highest BCUT2D eigenvalue weighted by atomic mass is 19.4. The van der Waals surface area contributed by atoms with Crippen LogP contribution in [0.15, 0.2) is 30.3 Å². The molecule has 0 aliphatic carbocycles. The predicted octanol–water partition coefficient (Wildman–Crippen LogP) is 4.68. The largest absolute Gasteiger partial charge is 0.453 e. The molecule has 0 radical (unpaired) electrons. The van der Waals surface area contributed by atoms with E-state index in [0.717, 1.165) is 49.2 Å². The van der Waals surface area contributed by atoms with E-state index in [-0.39, 0.29) is 6.09 Å². The second kappa shape index (κ2) is 11.2. The molecule has 3 atom stereocenters. The lowest BCUT2D eigenvalue weighted by Gasteiger charge is -2.41. The zero-order valence-corrected chi connectivity index (χ0v) is 22.4. The Kier molecular flexibility index (Phi) is 7.89. The van der Waals surface area contributed by atoms with Crippen LogP contribution in [0.5, 0.6) is 0 Å². The number of fused-ring (bicyclic) bond motifs is 3. The van der Waals surface area contributed by atoms with E-state index in [0.29, 0.717) is 44.2 Å². The maximum absolute atomic E-state index is 12.8. The first-order chi connectivity index (χ1) is 18.6. The molecular formula is C28H36F3N5O3. The van der Waals surface area contributed by atoms with Gasteiger partial charge in [-0.3, -0.25) is 9.69 Å². The molecule has 2 fully saturated rings. The number of benzene rings is 1. The number of alkyl halides is 3. The summed E-state index contributed by atoms with van der Waals surface area (Å²) in [5.74, 6) is -0.0229. The smallest absolute Gasteiger partial charge is 0.409 e. The Hall–Kier alpha value is -3.08. The van der Waals surface area contributed by atoms with Crippen molar-refractivity contribution in [2.75, 3.05) is 20.2 Å². The summed E-state index contributed by atoms with van der Waals surface area (Å²) in [7, 11) is 1.39. The van der Waals surface area contributed by atoms with Crippen molar-refractivity contribution in [1.29, 1.82) is 0 Å². The first kappa shape index (κ1) is 27.5. The first-order valence-corrected chi connectivity index (χ1v) is 13.7. The number of ether oxygens (including phenoxy) is 1. The van der Waals surface area contributed by atoms with E-state index < -0.39 is 24.5 Å². The van der Waals surface area contributed by atoms with Gasteiger partial charge in [0.15, 0.2) is 0 Å². The monoisotopic (exact) mass is 547 g/mol. The molecule has 11 heteroatoms. The zero-order valence-electron chi connectivity index (χ0n) is 22.4. The molecule has 0 saturated carbocycles. The van der Waals surface area contributed by atoms with Gasteiger partial charge in [0, 0.05) is 43.3 Å². The van der Waals surface area contributed by atoms with Crippen LogP contribution >= 0.6 is 0 Å². The number of halogens is 3. The van der Waals surface area contributed by atoms with Crippen LogP contribution in [0.4, 0.5) is 18.0 Å². The Morgan fingerprint density at radius 1 is 1.13 bits per heavy atom. The minimum absolute atomic E-state index is 0.330. The van der Waals surface area contributed by atoms with Crippen LogP contribution in [-0.4, -0.2) is 69.8 Å². The van der Waals surface area contributed by atoms with Crippen molar-refractivity contribution in [2.45, 2.75) is 88.8 Å². The summed E-state index contributed by atoms with van der Waals surface area (Å²) in [6.07, 6.45) is -0.900. The number of nitrogens with zero attached hydrogens (tertiary/aromatic N) is 4. The topological polar surface area (TPSA) is 79.7 Å². The number of carbonyl (C=O) groups excluding carboxylic acids is 2. The number of hydrogen-bond acceptors (Lipinski definition) is 5. The van der Waals surface area contributed by atoms with E-state index in [1.54, 1.807) is 4.90 Å². The molecule has 3 unspecified atom stereocenters. The highest BCUT2D eigenvalue weighted by Gasteiger charge is 2.43. The number of piperidine rings is 1. The Bertz CT molecular complexity index is 1170. The standard InChI is InChI=1S/C28H36F3N5O3/c1-18-32-24-17-34(27(38)39-2)12-11-25(24)36(18)22-14-20-8-9-21(15-22)35(20)13-10-23(19-6-4-3-5-7-19)33-26(37)16-28(29,30)31/h3-7,20-23H,8-17H2,1-2H3,(H,33,37). The van der Waals surface area contributed by atoms with E-state index in [1.807, 2.05) is 37.3 Å². The van der Waals surface area contributed by atoms with Crippen molar-refractivity contribution >= 4 is 12.0 Å². The van der Waals surface area contributed by atoms with Crippen molar-refractivity contribution in [3.63, 3.8) is 0 Å². The van der Waals surface area contributed by atoms with E-state index in [9.17, 15) is 22.8 Å². The second-order valence-corrected chi connectivity index (χ2v) is 10.9. The van der Waals surface area contributed by atoms with Crippen LogP contribution in [0.1, 0.15) is 73.4 Å². The summed E-state index contributed by atoms with van der Waals surface area (Å²) in [4.78, 5) is 33.2. The van der Waals surface area contributed by atoms with Crippen LogP contribution in [0.2, 0.25) is 0 Å². The average Bonchev–Trinajstić information content (AvgIpc) is 3.35. The zero-order chi connectivity index (χ0) is 27.7. The fraction of sp³-hybridized carbons (Fsp3) is 0.607. The number of aryl methyl sites for hydroxylation is 1. The summed E-state index contributed by atoms with van der Waals surface area (Å²) in [6, 6.07) is 9.85. The molecule has 0 spiro atoms. The number of imidazole rings is 1. The molecule has 3 aliphatic heterocycles. The Balaban J connectivity index is 1.25. The number of methoxy groups -OCH3 is 1. The third kappa shape index (κ3) is 6.08. The number of carbonyl (C=O) groups is 2. The summed E-state index contributed by atoms with van der Waals surface area (Å²) in [6.45, 7) is 3.81. The molecule has 212 valence electrons. The van der Waals surface area contributed by atoms with Crippen molar-refractivity contribution in [3.8, 4) is 0 Å². The summed E-state index contributed by atoms with van der Waals surface area (Å²) >= 11 is 0. The van der Waals surface area contributed by atoms with Gasteiger partial charge in [-0.1, -0.05) is 30.3 Å². The van der Waals surface area contributed by atoms with Gasteiger partial charge in [0.1, 0.15) is 12.2 Å². The van der Waals surface area contributed by atoms with Gasteiger partial charge >= 0.3 is 12.3 Å². The van der Waals surface area contributed by atoms with E-state index in [4.69, 9.17) is 9.72 Å². The molecule has 1 aromatic heterocycles. The van der Waals surface area contributed by atoms with Gasteiger partial charge in [-0.15, -0.1) is 0 Å². The second-order valence-electron chi connectivity index (χ2n) is 10.9. The summed E-state index contributed by atoms with van der Waals surface area (Å²) in [5.41, 5.74) is 2.97. The van der Waals surface area contributed by atoms with Crippen LogP contribution in [0, 0.1) is 6.92 Å². The fourth-order valence-corrected chi connectivity index (χ4v) is 6.84. The third-order valence-corrected chi connectivity index (χ3v) is 8.46. The molecule has 2 amide bonds. The molecule has 39 heavy (non-hydrogen) atoms. The summed E-state index contributed by atoms with van der Waals surface area (Å²) in [5, 5.41) is 2.63. The Morgan fingerprint density at radius 2 is 1.82 bits per heavy atom. The predicted molar refractivity (Wildman–Crippen MR) is 138 cm³/mol. The van der Waals surface area contributed by atoms with Gasteiger partial charge in [-0.2, -0.15) is 13.2 Å². The number of aromatic nitrogens is 2. The van der Waals surface area contributed by atoms with Gasteiger partial charge < -0.3 is 19.5 Å². The first-order valence-electron chi connectivity index (χ1n) is 13.7. The van der Waals surface area contributed by atoms with E-state index in [2.05, 4.69) is 14.8 Å². The lowest BCUT2D eigenvalue weighted by Crippen LogP contribution is -2.45. The fourth-order valence-electron chi connectivity index (χ4n) is 6.84. The highest BCUT2D eigenvalue weighted by molar-refractivity contribution is 5.77. The van der Waals surface area contributed by atoms with Crippen molar-refractivity contribution in [3.05, 3.63) is 53.1 Å². The highest BCUT2D eigenvalue weighted by Crippen LogP contribution is 2.43. The SMILES string of the molecule is COC(=O)N1CCc2c(nc(C)n2C2CC3CCC(C2)N3CCC(NC(=O)CC(F)(F)F)c2ccccc2)C1. The number of hydrogen-bond donors (Lipinski definition) is 1. The Labute approximate surface area is 226 Å². The van der Waals surface area contributed by atoms with Gasteiger partial charge in [0.2, 0.25) is 5.91 Å². The van der Waals surface area contributed by atoms with Crippen molar-refractivity contribution in [1.82, 2.24) is 24.7 Å². The normalized spacial score (nSPS) is 23.8. The van der Waals surface area contributed by atoms with Crippen LogP contribution in [0.3, 0.4) is 0 Å². The third-order valence-electron chi connectivity index (χ3n) is 8.46. The molecule has 2 saturated heterocycles. The molecular weight excluding hydrogens is 511 g/mol. The summed E-state index contributed by atoms with van der Waals surface area (Å²) < 4.78 is 45.7. The molecule has 3 aliphatic rings. The van der Waals surface area contributed by atoms with Crippen LogP contribution in [-0.2, 0) is 22.5 Å². The number of nitrogens with one attached hydrogen (secondary N) is 1. The molecule has 4 heterocycles. The van der Waals surface area contributed by atoms with Gasteiger partial charge in [-0.25, -0.2) is 9.78 Å². The number of amides is 2.